The molecule has 3 heterocycles. The van der Waals surface area contributed by atoms with Crippen LogP contribution in [0.5, 0.6) is 0 Å². The average Bonchev–Trinajstić information content (AvgIpc) is 3.17. The molecule has 6 heteroatoms. The molecule has 1 N–H and O–H groups in total. The zero-order valence-electron chi connectivity index (χ0n) is 16.3. The minimum atomic E-state index is -0.511. The molecule has 0 saturated carbocycles. The predicted octanol–water partition coefficient (Wildman–Crippen LogP) is 2.45. The topological polar surface area (TPSA) is 50.8 Å². The molecular formula is C23H25FN2O3. The summed E-state index contributed by atoms with van der Waals surface area (Å²) in [4.78, 5) is 15.4. The Kier molecular flexibility index (Phi) is 4.86. The first-order valence-electron chi connectivity index (χ1n) is 10.3. The molecule has 152 valence electrons. The molecule has 0 aromatic heterocycles. The first-order chi connectivity index (χ1) is 14.2. The molecule has 1 amide bonds. The molecule has 0 aliphatic carbocycles. The molecular weight excluding hydrogens is 371 g/mol. The van der Waals surface area contributed by atoms with Crippen molar-refractivity contribution in [3.8, 4) is 0 Å². The predicted molar refractivity (Wildman–Crippen MR) is 106 cm³/mol. The van der Waals surface area contributed by atoms with Gasteiger partial charge < -0.3 is 19.7 Å². The maximum absolute atomic E-state index is 13.5. The Labute approximate surface area is 169 Å². The van der Waals surface area contributed by atoms with Gasteiger partial charge >= 0.3 is 0 Å². The van der Waals surface area contributed by atoms with Crippen LogP contribution in [-0.2, 0) is 20.7 Å². The van der Waals surface area contributed by atoms with Crippen molar-refractivity contribution in [2.45, 2.75) is 30.6 Å². The molecule has 29 heavy (non-hydrogen) atoms. The third-order valence-corrected chi connectivity index (χ3v) is 6.27. The first kappa shape index (κ1) is 18.7. The highest BCUT2D eigenvalue weighted by molar-refractivity contribution is 5.82. The van der Waals surface area contributed by atoms with Gasteiger partial charge in [0.15, 0.2) is 0 Å². The van der Waals surface area contributed by atoms with Crippen LogP contribution < -0.4 is 5.32 Å². The number of amides is 1. The third kappa shape index (κ3) is 3.45. The van der Waals surface area contributed by atoms with Crippen molar-refractivity contribution in [3.63, 3.8) is 0 Å². The molecule has 3 aliphatic heterocycles. The molecule has 2 aromatic rings. The number of hydrogen-bond acceptors (Lipinski definition) is 4. The lowest BCUT2D eigenvalue weighted by atomic mass is 9.87. The number of halogens is 1. The van der Waals surface area contributed by atoms with Crippen molar-refractivity contribution in [3.05, 3.63) is 71.0 Å². The monoisotopic (exact) mass is 396 g/mol. The van der Waals surface area contributed by atoms with Gasteiger partial charge in [0.1, 0.15) is 17.5 Å². The number of ether oxygens (including phenoxy) is 2. The Bertz CT molecular complexity index is 895. The maximum atomic E-state index is 13.5. The van der Waals surface area contributed by atoms with Crippen LogP contribution in [-0.4, -0.2) is 55.4 Å². The van der Waals surface area contributed by atoms with Crippen LogP contribution in [0.1, 0.15) is 29.2 Å². The van der Waals surface area contributed by atoms with Gasteiger partial charge in [0, 0.05) is 26.1 Å². The van der Waals surface area contributed by atoms with Crippen molar-refractivity contribution >= 4 is 5.91 Å². The second-order valence-corrected chi connectivity index (χ2v) is 8.15. The standard InChI is InChI=1S/C23H25FN2O3/c24-18-7-5-17(6-8-18)21-19-4-2-1-3-16(19)9-11-26(21)22(27)20-13-23(15-28-20)14-25-10-12-29-23/h1-8,20-21,25H,9-15H2/t20-,21-,23-/m0/s1. The van der Waals surface area contributed by atoms with Crippen molar-refractivity contribution in [2.75, 3.05) is 32.8 Å². The number of fused-ring (bicyclic) bond motifs is 1. The largest absolute Gasteiger partial charge is 0.370 e. The Morgan fingerprint density at radius 1 is 1.17 bits per heavy atom. The summed E-state index contributed by atoms with van der Waals surface area (Å²) >= 11 is 0. The molecule has 2 saturated heterocycles. The first-order valence-corrected chi connectivity index (χ1v) is 10.3. The van der Waals surface area contributed by atoms with Crippen molar-refractivity contribution < 1.29 is 18.7 Å². The van der Waals surface area contributed by atoms with E-state index in [9.17, 15) is 9.18 Å². The number of hydrogen-bond donors (Lipinski definition) is 1. The van der Waals surface area contributed by atoms with Gasteiger partial charge in [-0.15, -0.1) is 0 Å². The summed E-state index contributed by atoms with van der Waals surface area (Å²) in [6, 6.07) is 14.4. The zero-order chi connectivity index (χ0) is 19.8. The second kappa shape index (κ2) is 7.52. The van der Waals surface area contributed by atoms with Gasteiger partial charge in [-0.2, -0.15) is 0 Å². The van der Waals surface area contributed by atoms with E-state index in [-0.39, 0.29) is 17.8 Å². The van der Waals surface area contributed by atoms with E-state index in [4.69, 9.17) is 9.47 Å². The van der Waals surface area contributed by atoms with Crippen molar-refractivity contribution in [2.24, 2.45) is 0 Å². The average molecular weight is 396 g/mol. The summed E-state index contributed by atoms with van der Waals surface area (Å²) < 4.78 is 25.4. The highest BCUT2D eigenvalue weighted by Gasteiger charge is 2.47. The molecule has 0 bridgehead atoms. The third-order valence-electron chi connectivity index (χ3n) is 6.27. The molecule has 2 aromatic carbocycles. The van der Waals surface area contributed by atoms with Crippen LogP contribution in [0.15, 0.2) is 48.5 Å². The number of carbonyl (C=O) groups is 1. The molecule has 0 radical (unpaired) electrons. The number of morpholine rings is 1. The fourth-order valence-corrected chi connectivity index (χ4v) is 4.79. The summed E-state index contributed by atoms with van der Waals surface area (Å²) in [5, 5.41) is 3.34. The van der Waals surface area contributed by atoms with E-state index in [0.717, 1.165) is 24.1 Å². The lowest BCUT2D eigenvalue weighted by molar-refractivity contribution is -0.143. The molecule has 5 nitrogen and oxygen atoms in total. The van der Waals surface area contributed by atoms with E-state index in [2.05, 4.69) is 17.4 Å². The number of carbonyl (C=O) groups excluding carboxylic acids is 1. The number of nitrogens with one attached hydrogen (secondary N) is 1. The van der Waals surface area contributed by atoms with Gasteiger partial charge in [-0.3, -0.25) is 4.79 Å². The summed E-state index contributed by atoms with van der Waals surface area (Å²) in [5.74, 6) is -0.293. The summed E-state index contributed by atoms with van der Waals surface area (Å²) in [6.45, 7) is 3.22. The van der Waals surface area contributed by atoms with Crippen LogP contribution in [0.2, 0.25) is 0 Å². The molecule has 5 rings (SSSR count). The van der Waals surface area contributed by atoms with Crippen LogP contribution >= 0.6 is 0 Å². The fourth-order valence-electron chi connectivity index (χ4n) is 4.79. The molecule has 3 aliphatic rings. The quantitative estimate of drug-likeness (QED) is 0.847. The number of benzene rings is 2. The van der Waals surface area contributed by atoms with Crippen LogP contribution in [0.4, 0.5) is 4.39 Å². The highest BCUT2D eigenvalue weighted by Crippen LogP contribution is 2.38. The lowest BCUT2D eigenvalue weighted by Gasteiger charge is -2.39. The minimum absolute atomic E-state index is 0.0140. The van der Waals surface area contributed by atoms with E-state index in [1.165, 1.54) is 17.7 Å². The Hall–Kier alpha value is -2.28. The van der Waals surface area contributed by atoms with Gasteiger partial charge in [-0.05, 0) is 35.2 Å². The Morgan fingerprint density at radius 3 is 2.79 bits per heavy atom. The van der Waals surface area contributed by atoms with Crippen LogP contribution in [0, 0.1) is 5.82 Å². The van der Waals surface area contributed by atoms with Crippen molar-refractivity contribution in [1.82, 2.24) is 10.2 Å². The smallest absolute Gasteiger partial charge is 0.252 e. The maximum Gasteiger partial charge on any atom is 0.252 e. The van der Waals surface area contributed by atoms with Gasteiger partial charge in [0.05, 0.1) is 19.3 Å². The fraction of sp³-hybridized carbons (Fsp3) is 0.435. The van der Waals surface area contributed by atoms with Gasteiger partial charge in [-0.25, -0.2) is 4.39 Å². The normalized spacial score (nSPS) is 29.1. The molecule has 0 unspecified atom stereocenters. The summed E-state index contributed by atoms with van der Waals surface area (Å²) in [5.41, 5.74) is 2.84. The van der Waals surface area contributed by atoms with Crippen LogP contribution in [0.25, 0.3) is 0 Å². The Balaban J connectivity index is 1.45. The second-order valence-electron chi connectivity index (χ2n) is 8.15. The number of rotatable bonds is 2. The van der Waals surface area contributed by atoms with E-state index < -0.39 is 11.7 Å². The Morgan fingerprint density at radius 2 is 2.00 bits per heavy atom. The minimum Gasteiger partial charge on any atom is -0.370 e. The van der Waals surface area contributed by atoms with Crippen molar-refractivity contribution in [1.29, 1.82) is 0 Å². The van der Waals surface area contributed by atoms with E-state index >= 15 is 0 Å². The van der Waals surface area contributed by atoms with Gasteiger partial charge in [0.25, 0.3) is 5.91 Å². The molecule has 3 atom stereocenters. The molecule has 2 fully saturated rings. The zero-order valence-corrected chi connectivity index (χ0v) is 16.3. The molecule has 1 spiro atoms. The van der Waals surface area contributed by atoms with E-state index in [0.29, 0.717) is 32.7 Å². The van der Waals surface area contributed by atoms with Crippen LogP contribution in [0.3, 0.4) is 0 Å². The van der Waals surface area contributed by atoms with E-state index in [1.54, 1.807) is 12.1 Å². The lowest BCUT2D eigenvalue weighted by Crippen LogP contribution is -2.51. The highest BCUT2D eigenvalue weighted by atomic mass is 19.1. The van der Waals surface area contributed by atoms with E-state index in [1.807, 2.05) is 17.0 Å². The number of nitrogens with zero attached hydrogens (tertiary/aromatic N) is 1. The summed E-state index contributed by atoms with van der Waals surface area (Å²) in [7, 11) is 0. The summed E-state index contributed by atoms with van der Waals surface area (Å²) in [6.07, 6.45) is 0.853. The van der Waals surface area contributed by atoms with Gasteiger partial charge in [-0.1, -0.05) is 36.4 Å². The van der Waals surface area contributed by atoms with Gasteiger partial charge in [0.2, 0.25) is 0 Å². The SMILES string of the molecule is O=C([C@@H]1C[C@]2(CNCCO2)CO1)N1CCc2ccccc2[C@@H]1c1ccc(F)cc1.